The first-order chi connectivity index (χ1) is 14.7. The molecule has 3 aliphatic rings. The number of nitrogens with two attached hydrogens (primary N) is 1. The lowest BCUT2D eigenvalue weighted by Crippen LogP contribution is -2.52. The molecule has 1 aliphatic carbocycles. The Morgan fingerprint density at radius 2 is 2.19 bits per heavy atom. The molecule has 3 heterocycles. The first kappa shape index (κ1) is 19.9. The van der Waals surface area contributed by atoms with Crippen LogP contribution < -0.4 is 16.1 Å². The number of hydrogen-bond donors (Lipinski definition) is 2. The molecule has 3 fully saturated rings. The van der Waals surface area contributed by atoms with Crippen molar-refractivity contribution in [2.24, 2.45) is 11.7 Å². The van der Waals surface area contributed by atoms with Gasteiger partial charge >= 0.3 is 5.97 Å². The van der Waals surface area contributed by atoms with Gasteiger partial charge in [0.25, 0.3) is 0 Å². The van der Waals surface area contributed by atoms with Crippen LogP contribution >= 0.6 is 0 Å². The van der Waals surface area contributed by atoms with Gasteiger partial charge in [-0.05, 0) is 12.5 Å². The topological polar surface area (TPSA) is 122 Å². The van der Waals surface area contributed by atoms with Gasteiger partial charge < -0.3 is 25.0 Å². The third kappa shape index (κ3) is 2.91. The van der Waals surface area contributed by atoms with Crippen molar-refractivity contribution in [1.82, 2.24) is 4.57 Å². The minimum atomic E-state index is -1.49. The smallest absolute Gasteiger partial charge is 0.341 e. The van der Waals surface area contributed by atoms with E-state index in [0.717, 1.165) is 12.3 Å². The van der Waals surface area contributed by atoms with Crippen LogP contribution in [0.5, 0.6) is 0 Å². The number of nitrogens with zero attached hydrogens (tertiary/aromatic N) is 3. The Labute approximate surface area is 175 Å². The van der Waals surface area contributed by atoms with Crippen LogP contribution in [-0.2, 0) is 4.74 Å². The van der Waals surface area contributed by atoms with Crippen LogP contribution in [0.4, 0.5) is 14.5 Å². The Bertz CT molecular complexity index is 1220. The zero-order valence-electron chi connectivity index (χ0n) is 16.5. The number of alkyl halides is 1. The third-order valence-corrected chi connectivity index (χ3v) is 6.71. The molecule has 0 bridgehead atoms. The van der Waals surface area contributed by atoms with Gasteiger partial charge in [0.2, 0.25) is 5.43 Å². The molecule has 1 saturated carbocycles. The van der Waals surface area contributed by atoms with E-state index in [-0.39, 0.29) is 34.5 Å². The van der Waals surface area contributed by atoms with Crippen molar-refractivity contribution < 1.29 is 23.4 Å². The van der Waals surface area contributed by atoms with Crippen LogP contribution in [0.15, 0.2) is 17.1 Å². The van der Waals surface area contributed by atoms with Gasteiger partial charge in [-0.1, -0.05) is 0 Å². The fraction of sp³-hybridized carbons (Fsp3) is 0.476. The van der Waals surface area contributed by atoms with Crippen molar-refractivity contribution >= 4 is 22.6 Å². The maximum atomic E-state index is 15.3. The van der Waals surface area contributed by atoms with Crippen molar-refractivity contribution in [2.45, 2.75) is 30.6 Å². The van der Waals surface area contributed by atoms with Gasteiger partial charge in [0, 0.05) is 43.8 Å². The molecule has 0 radical (unpaired) electrons. The fourth-order valence-corrected chi connectivity index (χ4v) is 4.90. The molecule has 2 aromatic rings. The number of rotatable bonds is 3. The molecule has 162 valence electrons. The Morgan fingerprint density at radius 3 is 2.81 bits per heavy atom. The summed E-state index contributed by atoms with van der Waals surface area (Å²) in [4.78, 5) is 26.0. The van der Waals surface area contributed by atoms with E-state index in [1.54, 1.807) is 4.90 Å². The quantitative estimate of drug-likeness (QED) is 0.758. The van der Waals surface area contributed by atoms with Gasteiger partial charge in [0.1, 0.15) is 29.2 Å². The summed E-state index contributed by atoms with van der Waals surface area (Å²) in [5.41, 5.74) is 4.39. The summed E-state index contributed by atoms with van der Waals surface area (Å²) in [5.74, 6) is -2.35. The van der Waals surface area contributed by atoms with Gasteiger partial charge in [-0.15, -0.1) is 0 Å². The van der Waals surface area contributed by atoms with Crippen molar-refractivity contribution in [3.8, 4) is 6.07 Å². The van der Waals surface area contributed by atoms with Crippen LogP contribution in [0.3, 0.4) is 0 Å². The number of aromatic carboxylic acids is 1. The standard InChI is InChI=1S/C21H20F2N4O4/c22-14-4-16(14)27-7-13(20(29)30)19(28)11-3-15(23)18(12(5-24)17(11)27)26-6-10-8-31-2-1-21(10,25)9-26/h3,7,10,14,16H,1-2,4,6,8-9,25H2,(H,29,30)/t10-,14+,16?,21-/m1/s1. The van der Waals surface area contributed by atoms with Crippen LogP contribution in [0, 0.1) is 23.1 Å². The van der Waals surface area contributed by atoms with Crippen LogP contribution in [0.2, 0.25) is 0 Å². The predicted molar refractivity (Wildman–Crippen MR) is 106 cm³/mol. The molecule has 0 spiro atoms. The van der Waals surface area contributed by atoms with Crippen LogP contribution in [0.1, 0.15) is 34.8 Å². The lowest BCUT2D eigenvalue weighted by molar-refractivity contribution is 0.0241. The van der Waals surface area contributed by atoms with Crippen molar-refractivity contribution in [3.63, 3.8) is 0 Å². The molecule has 2 saturated heterocycles. The Kier molecular flexibility index (Phi) is 4.32. The summed E-state index contributed by atoms with van der Waals surface area (Å²) in [6.45, 7) is 1.62. The number of benzene rings is 1. The molecular weight excluding hydrogens is 410 g/mol. The minimum absolute atomic E-state index is 0.00140. The average molecular weight is 430 g/mol. The highest BCUT2D eigenvalue weighted by Gasteiger charge is 2.47. The second kappa shape index (κ2) is 6.73. The number of carbonyl (C=O) groups is 1. The average Bonchev–Trinajstić information content (AvgIpc) is 3.33. The number of ether oxygens (including phenoxy) is 1. The monoisotopic (exact) mass is 430 g/mol. The van der Waals surface area contributed by atoms with Gasteiger partial charge in [-0.25, -0.2) is 13.6 Å². The van der Waals surface area contributed by atoms with Gasteiger partial charge in [0.05, 0.1) is 29.2 Å². The highest BCUT2D eigenvalue weighted by molar-refractivity contribution is 5.96. The summed E-state index contributed by atoms with van der Waals surface area (Å²) in [7, 11) is 0. The maximum absolute atomic E-state index is 15.3. The molecule has 3 N–H and O–H groups in total. The summed E-state index contributed by atoms with van der Waals surface area (Å²) < 4.78 is 36.1. The van der Waals surface area contributed by atoms with E-state index in [4.69, 9.17) is 10.5 Å². The molecule has 5 rings (SSSR count). The maximum Gasteiger partial charge on any atom is 0.341 e. The number of fused-ring (bicyclic) bond motifs is 2. The van der Waals surface area contributed by atoms with Gasteiger partial charge in [-0.2, -0.15) is 5.26 Å². The third-order valence-electron chi connectivity index (χ3n) is 6.71. The normalized spacial score (nSPS) is 29.6. The van der Waals surface area contributed by atoms with E-state index in [1.807, 2.05) is 6.07 Å². The molecule has 0 amide bonds. The van der Waals surface area contributed by atoms with E-state index < -0.39 is 40.5 Å². The Morgan fingerprint density at radius 1 is 1.45 bits per heavy atom. The molecule has 10 heteroatoms. The zero-order chi connectivity index (χ0) is 22.1. The van der Waals surface area contributed by atoms with Crippen molar-refractivity contribution in [2.75, 3.05) is 31.2 Å². The summed E-state index contributed by atoms with van der Waals surface area (Å²) in [6, 6.07) is 2.23. The van der Waals surface area contributed by atoms with E-state index in [9.17, 15) is 24.3 Å². The van der Waals surface area contributed by atoms with Crippen LogP contribution in [-0.4, -0.2) is 53.7 Å². The molecule has 31 heavy (non-hydrogen) atoms. The molecule has 1 aromatic carbocycles. The molecular formula is C21H20F2N4O4. The summed E-state index contributed by atoms with van der Waals surface area (Å²) >= 11 is 0. The number of hydrogen-bond acceptors (Lipinski definition) is 6. The SMILES string of the molecule is N#Cc1c(N2C[C@@H]3COCC[C@@]3(N)C2)c(F)cc2c(=O)c(C(=O)O)cn(C3C[C@@H]3F)c12. The zero-order valence-corrected chi connectivity index (χ0v) is 16.5. The second-order valence-electron chi connectivity index (χ2n) is 8.63. The van der Waals surface area contributed by atoms with Gasteiger partial charge in [-0.3, -0.25) is 4.79 Å². The predicted octanol–water partition coefficient (Wildman–Crippen LogP) is 1.55. The Hall–Kier alpha value is -3.03. The number of aromatic nitrogens is 1. The Balaban J connectivity index is 1.75. The summed E-state index contributed by atoms with van der Waals surface area (Å²) in [6.07, 6.45) is 0.557. The number of pyridine rings is 1. The molecule has 8 nitrogen and oxygen atoms in total. The molecule has 1 unspecified atom stereocenters. The lowest BCUT2D eigenvalue weighted by atomic mass is 9.84. The number of carboxylic acid groups (broad SMARTS) is 1. The molecule has 2 aliphatic heterocycles. The highest BCUT2D eigenvalue weighted by Crippen LogP contribution is 2.44. The van der Waals surface area contributed by atoms with E-state index in [2.05, 4.69) is 0 Å². The summed E-state index contributed by atoms with van der Waals surface area (Å²) in [5, 5.41) is 19.1. The van der Waals surface area contributed by atoms with E-state index >= 15 is 4.39 Å². The fourth-order valence-electron chi connectivity index (χ4n) is 4.90. The number of halogens is 2. The largest absolute Gasteiger partial charge is 0.477 e. The van der Waals surface area contributed by atoms with Crippen LogP contribution in [0.25, 0.3) is 10.9 Å². The van der Waals surface area contributed by atoms with E-state index in [1.165, 1.54) is 4.57 Å². The highest BCUT2D eigenvalue weighted by atomic mass is 19.1. The van der Waals surface area contributed by atoms with E-state index in [0.29, 0.717) is 32.7 Å². The number of carboxylic acids is 1. The van der Waals surface area contributed by atoms with Gasteiger partial charge in [0.15, 0.2) is 0 Å². The van der Waals surface area contributed by atoms with Crippen molar-refractivity contribution in [1.29, 1.82) is 5.26 Å². The molecule has 1 aromatic heterocycles. The molecule has 4 atom stereocenters. The first-order valence-corrected chi connectivity index (χ1v) is 10.1. The first-order valence-electron chi connectivity index (χ1n) is 10.1. The number of nitriles is 1. The van der Waals surface area contributed by atoms with Crippen molar-refractivity contribution in [3.05, 3.63) is 39.4 Å². The number of anilines is 1. The lowest BCUT2D eigenvalue weighted by Gasteiger charge is -2.34. The minimum Gasteiger partial charge on any atom is -0.477 e. The second-order valence-corrected chi connectivity index (χ2v) is 8.63.